The van der Waals surface area contributed by atoms with Crippen molar-refractivity contribution in [2.24, 2.45) is 0 Å². The molecular weight excluding hydrogens is 295 g/mol. The lowest BCUT2D eigenvalue weighted by Gasteiger charge is -2.17. The lowest BCUT2D eigenvalue weighted by atomic mass is 9.98. The number of carbonyl (C=O) groups is 2. The average Bonchev–Trinajstić information content (AvgIpc) is 2.59. The molecule has 1 aliphatic heterocycles. The van der Waals surface area contributed by atoms with Crippen molar-refractivity contribution in [1.82, 2.24) is 0 Å². The maximum absolute atomic E-state index is 13.1. The summed E-state index contributed by atoms with van der Waals surface area (Å²) in [5, 5.41) is 0. The Labute approximate surface area is 134 Å². The molecule has 0 saturated heterocycles. The predicted molar refractivity (Wildman–Crippen MR) is 84.6 cm³/mol. The number of fused-ring (bicyclic) bond motifs is 1. The SMILES string of the molecule is O=C(CCC(=O)c1ccc2c(c1)CCCO2)c1cccc(F)c1. The van der Waals surface area contributed by atoms with Gasteiger partial charge in [0.05, 0.1) is 6.61 Å². The second-order valence-corrected chi connectivity index (χ2v) is 5.63. The number of hydrogen-bond donors (Lipinski definition) is 0. The van der Waals surface area contributed by atoms with Gasteiger partial charge in [-0.2, -0.15) is 0 Å². The van der Waals surface area contributed by atoms with E-state index < -0.39 is 5.82 Å². The highest BCUT2D eigenvalue weighted by molar-refractivity contribution is 6.02. The molecule has 0 radical (unpaired) electrons. The third-order valence-corrected chi connectivity index (χ3v) is 3.96. The first kappa shape index (κ1) is 15.4. The first-order chi connectivity index (χ1) is 11.1. The molecule has 0 unspecified atom stereocenters. The van der Waals surface area contributed by atoms with E-state index in [1.165, 1.54) is 18.2 Å². The number of halogens is 1. The Morgan fingerprint density at radius 2 is 1.74 bits per heavy atom. The molecule has 1 aliphatic rings. The Kier molecular flexibility index (Phi) is 4.51. The van der Waals surface area contributed by atoms with Gasteiger partial charge in [0.2, 0.25) is 0 Å². The molecule has 0 saturated carbocycles. The maximum atomic E-state index is 13.1. The van der Waals surface area contributed by atoms with Gasteiger partial charge in [0.25, 0.3) is 0 Å². The van der Waals surface area contributed by atoms with Crippen LogP contribution in [0.5, 0.6) is 5.75 Å². The van der Waals surface area contributed by atoms with Crippen molar-refractivity contribution in [3.63, 3.8) is 0 Å². The first-order valence-electron chi connectivity index (χ1n) is 7.71. The fourth-order valence-corrected chi connectivity index (χ4v) is 2.71. The third kappa shape index (κ3) is 3.65. The second-order valence-electron chi connectivity index (χ2n) is 5.63. The summed E-state index contributed by atoms with van der Waals surface area (Å²) in [6, 6.07) is 10.9. The van der Waals surface area contributed by atoms with Crippen molar-refractivity contribution in [1.29, 1.82) is 0 Å². The van der Waals surface area contributed by atoms with Crippen LogP contribution in [0.4, 0.5) is 4.39 Å². The molecule has 0 N–H and O–H groups in total. The summed E-state index contributed by atoms with van der Waals surface area (Å²) in [6.07, 6.45) is 2.05. The molecule has 0 bridgehead atoms. The molecule has 118 valence electrons. The lowest BCUT2D eigenvalue weighted by Crippen LogP contribution is -2.10. The fraction of sp³-hybridized carbons (Fsp3) is 0.263. The van der Waals surface area contributed by atoms with Gasteiger partial charge in [-0.25, -0.2) is 4.39 Å². The second kappa shape index (κ2) is 6.73. The van der Waals surface area contributed by atoms with Crippen LogP contribution in [0.2, 0.25) is 0 Å². The highest BCUT2D eigenvalue weighted by Gasteiger charge is 2.15. The maximum Gasteiger partial charge on any atom is 0.163 e. The molecule has 0 spiro atoms. The molecule has 4 heteroatoms. The van der Waals surface area contributed by atoms with Crippen LogP contribution in [0.3, 0.4) is 0 Å². The van der Waals surface area contributed by atoms with Crippen molar-refractivity contribution in [3.8, 4) is 5.75 Å². The summed E-state index contributed by atoms with van der Waals surface area (Å²) in [7, 11) is 0. The molecule has 1 heterocycles. The first-order valence-corrected chi connectivity index (χ1v) is 7.71. The number of aryl methyl sites for hydroxylation is 1. The third-order valence-electron chi connectivity index (χ3n) is 3.96. The molecular formula is C19H17FO3. The van der Waals surface area contributed by atoms with Gasteiger partial charge in [-0.15, -0.1) is 0 Å². The predicted octanol–water partition coefficient (Wildman–Crippen LogP) is 4.00. The average molecular weight is 312 g/mol. The van der Waals surface area contributed by atoms with Crippen LogP contribution in [-0.2, 0) is 6.42 Å². The summed E-state index contributed by atoms with van der Waals surface area (Å²) in [4.78, 5) is 24.3. The minimum absolute atomic E-state index is 0.0792. The van der Waals surface area contributed by atoms with E-state index in [9.17, 15) is 14.0 Å². The number of Topliss-reactive ketones (excluding diaryl/α,β-unsaturated/α-hetero) is 2. The molecule has 0 atom stereocenters. The number of hydrogen-bond acceptors (Lipinski definition) is 3. The number of ether oxygens (including phenoxy) is 1. The molecule has 0 aromatic heterocycles. The van der Waals surface area contributed by atoms with Crippen LogP contribution in [0.25, 0.3) is 0 Å². The van der Waals surface area contributed by atoms with E-state index in [4.69, 9.17) is 4.74 Å². The zero-order chi connectivity index (χ0) is 16.2. The summed E-state index contributed by atoms with van der Waals surface area (Å²) >= 11 is 0. The van der Waals surface area contributed by atoms with Crippen LogP contribution >= 0.6 is 0 Å². The lowest BCUT2D eigenvalue weighted by molar-refractivity contribution is 0.0917. The minimum atomic E-state index is -0.447. The smallest absolute Gasteiger partial charge is 0.163 e. The van der Waals surface area contributed by atoms with Crippen LogP contribution in [-0.4, -0.2) is 18.2 Å². The summed E-state index contributed by atoms with van der Waals surface area (Å²) in [5.74, 6) is 0.0859. The molecule has 3 rings (SSSR count). The monoisotopic (exact) mass is 312 g/mol. The Bertz CT molecular complexity index is 752. The molecule has 2 aromatic carbocycles. The van der Waals surface area contributed by atoms with E-state index in [1.807, 2.05) is 12.1 Å². The van der Waals surface area contributed by atoms with E-state index in [0.29, 0.717) is 17.7 Å². The Balaban J connectivity index is 1.64. The van der Waals surface area contributed by atoms with Gasteiger partial charge in [-0.1, -0.05) is 12.1 Å². The fourth-order valence-electron chi connectivity index (χ4n) is 2.71. The van der Waals surface area contributed by atoms with E-state index >= 15 is 0 Å². The Morgan fingerprint density at radius 3 is 2.48 bits per heavy atom. The summed E-state index contributed by atoms with van der Waals surface area (Å²) < 4.78 is 18.6. The number of rotatable bonds is 5. The zero-order valence-corrected chi connectivity index (χ0v) is 12.7. The van der Waals surface area contributed by atoms with Crippen LogP contribution in [0.1, 0.15) is 45.5 Å². The Morgan fingerprint density at radius 1 is 1.00 bits per heavy atom. The molecule has 0 aliphatic carbocycles. The Hall–Kier alpha value is -2.49. The van der Waals surface area contributed by atoms with Crippen LogP contribution in [0, 0.1) is 5.82 Å². The van der Waals surface area contributed by atoms with Gasteiger partial charge in [0, 0.05) is 24.0 Å². The van der Waals surface area contributed by atoms with E-state index in [2.05, 4.69) is 0 Å². The molecule has 0 amide bonds. The quantitative estimate of drug-likeness (QED) is 0.784. The van der Waals surface area contributed by atoms with Gasteiger partial charge in [-0.05, 0) is 48.7 Å². The highest BCUT2D eigenvalue weighted by atomic mass is 19.1. The number of ketones is 2. The topological polar surface area (TPSA) is 43.4 Å². The van der Waals surface area contributed by atoms with Gasteiger partial charge in [0.15, 0.2) is 11.6 Å². The van der Waals surface area contributed by atoms with E-state index in [1.54, 1.807) is 12.1 Å². The summed E-state index contributed by atoms with van der Waals surface area (Å²) in [5.41, 5.74) is 1.94. The number of benzene rings is 2. The van der Waals surface area contributed by atoms with Crippen molar-refractivity contribution in [3.05, 3.63) is 65.0 Å². The van der Waals surface area contributed by atoms with Gasteiger partial charge in [0.1, 0.15) is 11.6 Å². The normalized spacial score (nSPS) is 13.1. The molecule has 0 fully saturated rings. The molecule has 3 nitrogen and oxygen atoms in total. The standard InChI is InChI=1S/C19H17FO3/c20-16-5-1-3-13(12-16)17(21)7-8-18(22)14-6-9-19-15(11-14)4-2-10-23-19/h1,3,5-6,9,11-12H,2,4,7-8,10H2. The van der Waals surface area contributed by atoms with Gasteiger partial charge >= 0.3 is 0 Å². The van der Waals surface area contributed by atoms with E-state index in [0.717, 1.165) is 24.2 Å². The van der Waals surface area contributed by atoms with Crippen molar-refractivity contribution in [2.45, 2.75) is 25.7 Å². The van der Waals surface area contributed by atoms with Crippen molar-refractivity contribution >= 4 is 11.6 Å². The van der Waals surface area contributed by atoms with Crippen molar-refractivity contribution < 1.29 is 18.7 Å². The van der Waals surface area contributed by atoms with Gasteiger partial charge < -0.3 is 4.74 Å². The number of carbonyl (C=O) groups excluding carboxylic acids is 2. The summed E-state index contributed by atoms with van der Waals surface area (Å²) in [6.45, 7) is 0.711. The van der Waals surface area contributed by atoms with Crippen molar-refractivity contribution in [2.75, 3.05) is 6.61 Å². The van der Waals surface area contributed by atoms with E-state index in [-0.39, 0.29) is 24.4 Å². The van der Waals surface area contributed by atoms with Crippen LogP contribution in [0.15, 0.2) is 42.5 Å². The molecule has 23 heavy (non-hydrogen) atoms. The highest BCUT2D eigenvalue weighted by Crippen LogP contribution is 2.26. The minimum Gasteiger partial charge on any atom is -0.493 e. The van der Waals surface area contributed by atoms with Gasteiger partial charge in [-0.3, -0.25) is 9.59 Å². The largest absolute Gasteiger partial charge is 0.493 e. The van der Waals surface area contributed by atoms with Crippen LogP contribution < -0.4 is 4.74 Å². The molecule has 2 aromatic rings. The zero-order valence-electron chi connectivity index (χ0n) is 12.7.